The van der Waals surface area contributed by atoms with Crippen molar-refractivity contribution in [3.05, 3.63) is 23.1 Å². The number of likely N-dealkylation sites (tertiary alicyclic amines) is 1. The van der Waals surface area contributed by atoms with Gasteiger partial charge in [0.15, 0.2) is 11.4 Å². The van der Waals surface area contributed by atoms with Crippen LogP contribution in [-0.2, 0) is 10.9 Å². The summed E-state index contributed by atoms with van der Waals surface area (Å²) in [5, 5.41) is 3.75. The van der Waals surface area contributed by atoms with E-state index in [0.717, 1.165) is 38.7 Å². The van der Waals surface area contributed by atoms with Crippen molar-refractivity contribution >= 4 is 22.5 Å². The second kappa shape index (κ2) is 11.2. The van der Waals surface area contributed by atoms with Gasteiger partial charge in [-0.15, -0.1) is 0 Å². The van der Waals surface area contributed by atoms with Crippen LogP contribution in [0.15, 0.2) is 6.07 Å². The molecule has 1 saturated carbocycles. The van der Waals surface area contributed by atoms with E-state index in [4.69, 9.17) is 24.9 Å². The molecule has 4 fully saturated rings. The number of rotatable bonds is 8. The van der Waals surface area contributed by atoms with Crippen LogP contribution >= 0.6 is 0 Å². The second-order valence-corrected chi connectivity index (χ2v) is 14.2. The topological polar surface area (TPSA) is 124 Å². The number of methoxy groups -OCH3 is 1. The van der Waals surface area contributed by atoms with Crippen molar-refractivity contribution in [2.75, 3.05) is 50.5 Å². The van der Waals surface area contributed by atoms with Gasteiger partial charge in [-0.25, -0.2) is 23.1 Å². The Kier molecular flexibility index (Phi) is 7.40. The van der Waals surface area contributed by atoms with Crippen molar-refractivity contribution in [2.24, 2.45) is 5.41 Å². The summed E-state index contributed by atoms with van der Waals surface area (Å²) in [4.78, 5) is 21.3. The molecule has 0 amide bonds. The zero-order valence-corrected chi connectivity index (χ0v) is 27.1. The fraction of sp³-hybridized carbons (Fsp3) is 0.625. The molecule has 0 aromatic carbocycles. The smallest absolute Gasteiger partial charge is 0.418 e. The van der Waals surface area contributed by atoms with E-state index < -0.39 is 52.6 Å². The molecule has 264 valence electrons. The van der Waals surface area contributed by atoms with Crippen LogP contribution in [0, 0.1) is 18.2 Å². The van der Waals surface area contributed by atoms with E-state index in [1.54, 1.807) is 0 Å². The summed E-state index contributed by atoms with van der Waals surface area (Å²) in [5.41, 5.74) is 0.929. The zero-order valence-electron chi connectivity index (χ0n) is 27.1. The summed E-state index contributed by atoms with van der Waals surface area (Å²) in [6.07, 6.45) is -4.64. The molecule has 5 aliphatic rings. The molecule has 49 heavy (non-hydrogen) atoms. The predicted molar refractivity (Wildman–Crippen MR) is 165 cm³/mol. The van der Waals surface area contributed by atoms with Gasteiger partial charge in [0.2, 0.25) is 5.88 Å². The van der Waals surface area contributed by atoms with Crippen molar-refractivity contribution in [3.63, 3.8) is 0 Å². The van der Waals surface area contributed by atoms with Crippen LogP contribution in [-0.4, -0.2) is 101 Å². The quantitative estimate of drug-likeness (QED) is 0.327. The third-order valence-electron chi connectivity index (χ3n) is 10.8. The molecule has 2 bridgehead atoms. The maximum absolute atomic E-state index is 16.8. The molecule has 8 rings (SSSR count). The largest absolute Gasteiger partial charge is 0.472 e. The van der Waals surface area contributed by atoms with Gasteiger partial charge < -0.3 is 30.2 Å². The highest BCUT2D eigenvalue weighted by atomic mass is 19.4. The molecule has 11 nitrogen and oxygen atoms in total. The minimum atomic E-state index is -4.89. The van der Waals surface area contributed by atoms with E-state index in [-0.39, 0.29) is 71.8 Å². The zero-order chi connectivity index (χ0) is 34.6. The van der Waals surface area contributed by atoms with Gasteiger partial charge in [0.05, 0.1) is 23.9 Å². The number of nitrogens with two attached hydrogens (primary N) is 1. The Balaban J connectivity index is 1.21. The van der Waals surface area contributed by atoms with Gasteiger partial charge in [-0.05, 0) is 45.6 Å². The molecule has 3 aromatic rings. The highest BCUT2D eigenvalue weighted by Crippen LogP contribution is 2.50. The number of hydrogen-bond donors (Lipinski definition) is 2. The fourth-order valence-electron chi connectivity index (χ4n) is 8.17. The van der Waals surface area contributed by atoms with Gasteiger partial charge in [-0.3, -0.25) is 4.90 Å². The number of hydrogen-bond acceptors (Lipinski definition) is 11. The number of nitrogens with one attached hydrogen (secondary N) is 1. The lowest BCUT2D eigenvalue weighted by molar-refractivity contribution is -0.201. The molecule has 0 radical (unpaired) electrons. The first-order valence-corrected chi connectivity index (χ1v) is 16.3. The first kappa shape index (κ1) is 32.5. The summed E-state index contributed by atoms with van der Waals surface area (Å²) < 4.78 is 105. The molecule has 3 saturated heterocycles. The highest BCUT2D eigenvalue weighted by Gasteiger charge is 2.55. The number of fused-ring (bicyclic) bond motifs is 5. The van der Waals surface area contributed by atoms with Crippen LogP contribution in [0.25, 0.3) is 22.2 Å². The lowest BCUT2D eigenvalue weighted by atomic mass is 9.92. The molecule has 1 aliphatic carbocycles. The van der Waals surface area contributed by atoms with Gasteiger partial charge in [0.1, 0.15) is 34.3 Å². The number of alkyl halides is 5. The fourth-order valence-corrected chi connectivity index (χ4v) is 8.17. The monoisotopic (exact) mass is 694 g/mol. The SMILES string of the molecule is COC1(C(F)F)CN(CC2(COc3nc4c5c(nc(-c6cc(N)nc(C)c6C(F)(F)F)c(F)c5n3)O[C@@H](C)[C@@H]3[C@@H]5CC[C@H](CN43)N5)CC2)C1. The Hall–Kier alpha value is -3.70. The minimum Gasteiger partial charge on any atom is -0.472 e. The number of aryl methyl sites for hydroxylation is 1. The molecule has 0 unspecified atom stereocenters. The van der Waals surface area contributed by atoms with Crippen molar-refractivity contribution in [1.29, 1.82) is 0 Å². The van der Waals surface area contributed by atoms with Crippen LogP contribution < -0.4 is 25.4 Å². The van der Waals surface area contributed by atoms with Crippen molar-refractivity contribution in [1.82, 2.24) is 30.2 Å². The number of nitrogens with zero attached hydrogens (tertiary/aromatic N) is 6. The summed E-state index contributed by atoms with van der Waals surface area (Å²) in [7, 11) is 1.28. The molecule has 4 atom stereocenters. The molecule has 17 heteroatoms. The maximum atomic E-state index is 16.8. The Labute approximate surface area is 277 Å². The highest BCUT2D eigenvalue weighted by molar-refractivity contribution is 5.97. The third kappa shape index (κ3) is 5.30. The van der Waals surface area contributed by atoms with Crippen LogP contribution in [0.1, 0.15) is 43.9 Å². The number of piperazine rings is 1. The number of ether oxygens (including phenoxy) is 3. The van der Waals surface area contributed by atoms with Crippen molar-refractivity contribution in [2.45, 2.75) is 82.0 Å². The number of nitrogen functional groups attached to an aromatic ring is 1. The van der Waals surface area contributed by atoms with Crippen LogP contribution in [0.5, 0.6) is 11.9 Å². The number of halogens is 6. The second-order valence-electron chi connectivity index (χ2n) is 14.2. The summed E-state index contributed by atoms with van der Waals surface area (Å²) in [5.74, 6) is -1.11. The third-order valence-corrected chi connectivity index (χ3v) is 10.8. The molecular weight excluding hydrogens is 658 g/mol. The summed E-state index contributed by atoms with van der Waals surface area (Å²) >= 11 is 0. The minimum absolute atomic E-state index is 0.0277. The van der Waals surface area contributed by atoms with Gasteiger partial charge in [-0.1, -0.05) is 0 Å². The Morgan fingerprint density at radius 1 is 1.14 bits per heavy atom. The Bertz CT molecular complexity index is 1820. The standard InChI is InChI=1S/C32H36F6N8O3/c1-14-21(32(36,37)38)17(8-19(39)40-14)23-22(33)24-20-26(46-9-16-4-5-18(41-16)25(46)15(2)49-27(20)42-23)44-29(43-24)48-13-30(6-7-30)10-45-11-31(12-45,47-3)28(34)35/h8,15-16,18,25,28,41H,4-7,9-13H2,1-3H3,(H2,39,40)/t15-,16+,18-,25+/m0/s1. The average Bonchev–Trinajstić information content (AvgIpc) is 3.71. The van der Waals surface area contributed by atoms with Crippen LogP contribution in [0.3, 0.4) is 0 Å². The lowest BCUT2D eigenvalue weighted by Crippen LogP contribution is -2.67. The van der Waals surface area contributed by atoms with Crippen molar-refractivity contribution in [3.8, 4) is 23.1 Å². The molecule has 3 N–H and O–H groups in total. The van der Waals surface area contributed by atoms with Gasteiger partial charge >= 0.3 is 12.2 Å². The summed E-state index contributed by atoms with van der Waals surface area (Å²) in [6, 6.07) is 0.730. The molecule has 4 aliphatic heterocycles. The summed E-state index contributed by atoms with van der Waals surface area (Å²) in [6.45, 7) is 4.34. The molecule has 3 aromatic heterocycles. The normalized spacial score (nSPS) is 26.7. The van der Waals surface area contributed by atoms with E-state index in [0.29, 0.717) is 18.9 Å². The molecule has 0 spiro atoms. The van der Waals surface area contributed by atoms with E-state index in [9.17, 15) is 22.0 Å². The van der Waals surface area contributed by atoms with Gasteiger partial charge in [0.25, 0.3) is 6.43 Å². The van der Waals surface area contributed by atoms with E-state index in [1.807, 2.05) is 11.8 Å². The van der Waals surface area contributed by atoms with E-state index >= 15 is 4.39 Å². The number of anilines is 2. The van der Waals surface area contributed by atoms with Crippen molar-refractivity contribution < 1.29 is 40.6 Å². The molecule has 7 heterocycles. The number of aromatic nitrogens is 4. The first-order valence-electron chi connectivity index (χ1n) is 16.3. The van der Waals surface area contributed by atoms with Gasteiger partial charge in [-0.2, -0.15) is 23.1 Å². The van der Waals surface area contributed by atoms with E-state index in [1.165, 1.54) is 7.11 Å². The Morgan fingerprint density at radius 3 is 2.57 bits per heavy atom. The van der Waals surface area contributed by atoms with E-state index in [2.05, 4.69) is 25.2 Å². The average molecular weight is 695 g/mol. The van der Waals surface area contributed by atoms with Crippen LogP contribution in [0.4, 0.5) is 38.0 Å². The molecular formula is C32H36F6N8O3. The lowest BCUT2D eigenvalue weighted by Gasteiger charge is -2.49. The first-order chi connectivity index (χ1) is 23.2. The predicted octanol–water partition coefficient (Wildman–Crippen LogP) is 4.35. The Morgan fingerprint density at radius 2 is 1.90 bits per heavy atom. The number of pyridine rings is 2. The van der Waals surface area contributed by atoms with Crippen LogP contribution in [0.2, 0.25) is 0 Å². The van der Waals surface area contributed by atoms with Gasteiger partial charge in [0, 0.05) is 56.4 Å². The maximum Gasteiger partial charge on any atom is 0.418 e.